The zero-order valence-corrected chi connectivity index (χ0v) is 15.1. The summed E-state index contributed by atoms with van der Waals surface area (Å²) < 4.78 is 1.19. The topological polar surface area (TPSA) is 36.4 Å². The lowest BCUT2D eigenvalue weighted by molar-refractivity contribution is 0.809. The lowest BCUT2D eigenvalue weighted by Gasteiger charge is -2.09. The lowest BCUT2D eigenvalue weighted by atomic mass is 10.3. The van der Waals surface area contributed by atoms with Gasteiger partial charge in [0, 0.05) is 30.4 Å². The van der Waals surface area contributed by atoms with Gasteiger partial charge in [0.2, 0.25) is 0 Å². The summed E-state index contributed by atoms with van der Waals surface area (Å²) in [7, 11) is 0. The predicted octanol–water partition coefficient (Wildman–Crippen LogP) is 3.39. The highest BCUT2D eigenvalue weighted by Gasteiger charge is 2.21. The van der Waals surface area contributed by atoms with E-state index in [4.69, 9.17) is 0 Å². The average molecular weight is 444 g/mol. The second-order valence-corrected chi connectivity index (χ2v) is 6.68. The third-order valence-corrected chi connectivity index (χ3v) is 4.20. The van der Waals surface area contributed by atoms with Crippen LogP contribution in [0.5, 0.6) is 0 Å². The quantitative estimate of drug-likeness (QED) is 0.415. The summed E-state index contributed by atoms with van der Waals surface area (Å²) in [5.74, 6) is 0.964. The summed E-state index contributed by atoms with van der Waals surface area (Å²) in [4.78, 5) is 5.96. The second-order valence-electron chi connectivity index (χ2n) is 4.14. The standard InChI is InChI=1S/C12H18BrN3S.HI/c1-2-14-12(16-9-3-4-9)15-8-7-10-5-6-11(13)17-10;/h5-6,9H,2-4,7-8H2,1H3,(H2,14,15,16);1H. The van der Waals surface area contributed by atoms with Crippen molar-refractivity contribution in [2.75, 3.05) is 13.1 Å². The summed E-state index contributed by atoms with van der Waals surface area (Å²) in [6.45, 7) is 3.86. The number of hydrogen-bond acceptors (Lipinski definition) is 2. The van der Waals surface area contributed by atoms with Crippen molar-refractivity contribution < 1.29 is 0 Å². The zero-order chi connectivity index (χ0) is 12.1. The van der Waals surface area contributed by atoms with Crippen LogP contribution in [0, 0.1) is 0 Å². The fourth-order valence-electron chi connectivity index (χ4n) is 1.51. The Labute approximate surface area is 138 Å². The molecule has 18 heavy (non-hydrogen) atoms. The van der Waals surface area contributed by atoms with Crippen molar-refractivity contribution in [3.8, 4) is 0 Å². The summed E-state index contributed by atoms with van der Waals surface area (Å²) in [5.41, 5.74) is 0. The Morgan fingerprint density at radius 3 is 2.83 bits per heavy atom. The normalized spacial score (nSPS) is 15.1. The van der Waals surface area contributed by atoms with Crippen LogP contribution in [-0.4, -0.2) is 25.1 Å². The van der Waals surface area contributed by atoms with E-state index in [1.165, 1.54) is 21.5 Å². The minimum absolute atomic E-state index is 0. The molecule has 0 saturated heterocycles. The molecular weight excluding hydrogens is 425 g/mol. The Bertz CT molecular complexity index is 390. The van der Waals surface area contributed by atoms with E-state index in [2.05, 4.69) is 50.6 Å². The third kappa shape index (κ3) is 5.88. The Morgan fingerprint density at radius 2 is 2.28 bits per heavy atom. The molecular formula is C12H19BrIN3S. The number of hydrogen-bond donors (Lipinski definition) is 2. The van der Waals surface area contributed by atoms with Gasteiger partial charge >= 0.3 is 0 Å². The molecule has 1 saturated carbocycles. The van der Waals surface area contributed by atoms with E-state index in [0.29, 0.717) is 6.04 Å². The molecule has 1 aromatic heterocycles. The van der Waals surface area contributed by atoms with Crippen LogP contribution < -0.4 is 10.6 Å². The second kappa shape index (κ2) is 8.37. The molecule has 1 aliphatic carbocycles. The van der Waals surface area contributed by atoms with E-state index in [0.717, 1.165) is 25.5 Å². The summed E-state index contributed by atoms with van der Waals surface area (Å²) in [6, 6.07) is 4.91. The Hall–Kier alpha value is 0.180. The van der Waals surface area contributed by atoms with Gasteiger partial charge in [-0.25, -0.2) is 0 Å². The van der Waals surface area contributed by atoms with Crippen LogP contribution in [0.15, 0.2) is 20.9 Å². The van der Waals surface area contributed by atoms with Crippen LogP contribution >= 0.6 is 51.2 Å². The Morgan fingerprint density at radius 1 is 1.50 bits per heavy atom. The van der Waals surface area contributed by atoms with Gasteiger partial charge in [-0.15, -0.1) is 35.3 Å². The van der Waals surface area contributed by atoms with E-state index in [1.54, 1.807) is 11.3 Å². The van der Waals surface area contributed by atoms with Gasteiger partial charge in [-0.1, -0.05) is 0 Å². The fraction of sp³-hybridized carbons (Fsp3) is 0.583. The summed E-state index contributed by atoms with van der Waals surface area (Å²) in [6.07, 6.45) is 3.57. The van der Waals surface area contributed by atoms with Crippen molar-refractivity contribution in [1.29, 1.82) is 0 Å². The molecule has 6 heteroatoms. The fourth-order valence-corrected chi connectivity index (χ4v) is 2.98. The maximum absolute atomic E-state index is 4.58. The van der Waals surface area contributed by atoms with E-state index in [-0.39, 0.29) is 24.0 Å². The van der Waals surface area contributed by atoms with Crippen LogP contribution in [-0.2, 0) is 6.42 Å². The molecule has 1 heterocycles. The highest BCUT2D eigenvalue weighted by Crippen LogP contribution is 2.22. The van der Waals surface area contributed by atoms with Crippen molar-refractivity contribution in [3.05, 3.63) is 20.8 Å². The van der Waals surface area contributed by atoms with Gasteiger partial charge in [-0.2, -0.15) is 0 Å². The first-order chi connectivity index (χ1) is 8.28. The molecule has 0 aromatic carbocycles. The molecule has 0 amide bonds. The summed E-state index contributed by atoms with van der Waals surface area (Å²) >= 11 is 5.26. The molecule has 2 N–H and O–H groups in total. The van der Waals surface area contributed by atoms with E-state index in [1.807, 2.05) is 0 Å². The number of thiophene rings is 1. The smallest absolute Gasteiger partial charge is 0.191 e. The minimum atomic E-state index is 0. The van der Waals surface area contributed by atoms with Gasteiger partial charge in [0.25, 0.3) is 0 Å². The minimum Gasteiger partial charge on any atom is -0.357 e. The van der Waals surface area contributed by atoms with Crippen LogP contribution in [0.1, 0.15) is 24.6 Å². The first-order valence-corrected chi connectivity index (χ1v) is 7.68. The Balaban J connectivity index is 0.00000162. The number of rotatable bonds is 5. The lowest BCUT2D eigenvalue weighted by Crippen LogP contribution is -2.38. The molecule has 0 radical (unpaired) electrons. The molecule has 0 spiro atoms. The highest BCUT2D eigenvalue weighted by atomic mass is 127. The zero-order valence-electron chi connectivity index (χ0n) is 10.4. The first kappa shape index (κ1) is 16.2. The molecule has 1 aliphatic rings. The van der Waals surface area contributed by atoms with Crippen molar-refractivity contribution in [2.45, 2.75) is 32.2 Å². The molecule has 0 bridgehead atoms. The highest BCUT2D eigenvalue weighted by molar-refractivity contribution is 14.0. The van der Waals surface area contributed by atoms with Gasteiger partial charge in [0.15, 0.2) is 5.96 Å². The van der Waals surface area contributed by atoms with Gasteiger partial charge in [-0.05, 0) is 47.8 Å². The van der Waals surface area contributed by atoms with E-state index in [9.17, 15) is 0 Å². The van der Waals surface area contributed by atoms with E-state index >= 15 is 0 Å². The van der Waals surface area contributed by atoms with Crippen molar-refractivity contribution in [2.24, 2.45) is 4.99 Å². The van der Waals surface area contributed by atoms with Gasteiger partial charge < -0.3 is 10.6 Å². The number of nitrogens with one attached hydrogen (secondary N) is 2. The molecule has 1 aromatic rings. The maximum atomic E-state index is 4.58. The number of nitrogens with zero attached hydrogens (tertiary/aromatic N) is 1. The van der Waals surface area contributed by atoms with Crippen LogP contribution in [0.4, 0.5) is 0 Å². The molecule has 0 atom stereocenters. The third-order valence-electron chi connectivity index (χ3n) is 2.52. The maximum Gasteiger partial charge on any atom is 0.191 e. The molecule has 1 fully saturated rings. The van der Waals surface area contributed by atoms with E-state index < -0.39 is 0 Å². The van der Waals surface area contributed by atoms with Crippen LogP contribution in [0.3, 0.4) is 0 Å². The number of halogens is 2. The van der Waals surface area contributed by atoms with Crippen molar-refractivity contribution >= 4 is 57.2 Å². The van der Waals surface area contributed by atoms with Gasteiger partial charge in [0.05, 0.1) is 3.79 Å². The predicted molar refractivity (Wildman–Crippen MR) is 93.3 cm³/mol. The first-order valence-electron chi connectivity index (χ1n) is 6.07. The Kier molecular flexibility index (Phi) is 7.55. The molecule has 0 unspecified atom stereocenters. The largest absolute Gasteiger partial charge is 0.357 e. The van der Waals surface area contributed by atoms with Crippen molar-refractivity contribution in [1.82, 2.24) is 10.6 Å². The molecule has 3 nitrogen and oxygen atoms in total. The van der Waals surface area contributed by atoms with Crippen molar-refractivity contribution in [3.63, 3.8) is 0 Å². The average Bonchev–Trinajstić information content (AvgIpc) is 3.01. The SMILES string of the molecule is CCNC(=NCCc1ccc(Br)s1)NC1CC1.I. The van der Waals surface area contributed by atoms with Crippen LogP contribution in [0.25, 0.3) is 0 Å². The van der Waals surface area contributed by atoms with Gasteiger partial charge in [0.1, 0.15) is 0 Å². The molecule has 2 rings (SSSR count). The molecule has 0 aliphatic heterocycles. The monoisotopic (exact) mass is 443 g/mol. The van der Waals surface area contributed by atoms with Crippen LogP contribution in [0.2, 0.25) is 0 Å². The van der Waals surface area contributed by atoms with Gasteiger partial charge in [-0.3, -0.25) is 4.99 Å². The summed E-state index contributed by atoms with van der Waals surface area (Å²) in [5, 5.41) is 6.69. The number of aliphatic imine (C=N–C) groups is 1. The number of guanidine groups is 1. The molecule has 102 valence electrons.